The Bertz CT molecular complexity index is 665. The lowest BCUT2D eigenvalue weighted by Gasteiger charge is -2.16. The molecule has 1 fully saturated rings. The first kappa shape index (κ1) is 16.7. The lowest BCUT2D eigenvalue weighted by molar-refractivity contribution is -0.139. The smallest absolute Gasteiger partial charge is 0.334 e. The van der Waals surface area contributed by atoms with Gasteiger partial charge in [-0.25, -0.2) is 9.59 Å². The molecule has 128 valence electrons. The van der Waals surface area contributed by atoms with Crippen molar-refractivity contribution in [2.75, 3.05) is 0 Å². The van der Waals surface area contributed by atoms with E-state index in [9.17, 15) is 9.59 Å². The van der Waals surface area contributed by atoms with Crippen LogP contribution >= 0.6 is 0 Å². The molecule has 3 rings (SSSR count). The Kier molecular flexibility index (Phi) is 4.74. The summed E-state index contributed by atoms with van der Waals surface area (Å²) in [6.45, 7) is 8.00. The maximum absolute atomic E-state index is 11.9. The van der Waals surface area contributed by atoms with Crippen molar-refractivity contribution in [1.29, 1.82) is 0 Å². The van der Waals surface area contributed by atoms with Gasteiger partial charge < -0.3 is 9.47 Å². The first-order chi connectivity index (χ1) is 11.4. The lowest BCUT2D eigenvalue weighted by atomic mass is 9.89. The van der Waals surface area contributed by atoms with E-state index in [0.29, 0.717) is 12.0 Å². The fraction of sp³-hybridized carbons (Fsp3) is 0.500. The first-order valence-corrected chi connectivity index (χ1v) is 8.58. The number of hydrogen-bond donors (Lipinski definition) is 0. The normalized spacial score (nSPS) is 33.5. The highest BCUT2D eigenvalue weighted by Gasteiger charge is 2.37. The van der Waals surface area contributed by atoms with Crippen LogP contribution in [-0.4, -0.2) is 24.1 Å². The Morgan fingerprint density at radius 3 is 2.62 bits per heavy atom. The average molecular weight is 328 g/mol. The summed E-state index contributed by atoms with van der Waals surface area (Å²) in [4.78, 5) is 23.8. The van der Waals surface area contributed by atoms with Crippen LogP contribution in [0, 0.1) is 5.92 Å². The third-order valence-corrected chi connectivity index (χ3v) is 4.99. The van der Waals surface area contributed by atoms with Gasteiger partial charge in [-0.3, -0.25) is 0 Å². The minimum Gasteiger partial charge on any atom is -0.454 e. The molecule has 0 unspecified atom stereocenters. The molecule has 0 aromatic heterocycles. The minimum absolute atomic E-state index is 0.0240. The number of rotatable bonds is 0. The Balaban J connectivity index is 1.86. The molecule has 0 amide bonds. The van der Waals surface area contributed by atoms with Crippen LogP contribution in [0.4, 0.5) is 0 Å². The van der Waals surface area contributed by atoms with Crippen molar-refractivity contribution < 1.29 is 19.1 Å². The molecule has 2 bridgehead atoms. The Labute approximate surface area is 142 Å². The molecule has 0 aromatic rings. The second kappa shape index (κ2) is 6.80. The summed E-state index contributed by atoms with van der Waals surface area (Å²) in [5.41, 5.74) is 3.67. The largest absolute Gasteiger partial charge is 0.454 e. The highest BCUT2D eigenvalue weighted by atomic mass is 16.6. The molecule has 1 aliphatic carbocycles. The number of allylic oxidation sites excluding steroid dienone is 2. The molecular formula is C20H24O4. The SMILES string of the molecule is C=C1C(=O)O[C@H]2/C=C(\C)C[C@@H]3C=C(CCC=C(C)CC[C@H]12)C(=O)O3. The van der Waals surface area contributed by atoms with E-state index >= 15 is 0 Å². The molecule has 3 atom stereocenters. The van der Waals surface area contributed by atoms with Crippen molar-refractivity contribution in [2.45, 2.75) is 58.2 Å². The van der Waals surface area contributed by atoms with E-state index in [2.05, 4.69) is 19.6 Å². The Morgan fingerprint density at radius 1 is 1.04 bits per heavy atom. The van der Waals surface area contributed by atoms with Crippen LogP contribution in [0.1, 0.15) is 46.0 Å². The average Bonchev–Trinajstić information content (AvgIpc) is 2.97. The summed E-state index contributed by atoms with van der Waals surface area (Å²) in [7, 11) is 0. The van der Waals surface area contributed by atoms with E-state index in [0.717, 1.165) is 36.8 Å². The van der Waals surface area contributed by atoms with Gasteiger partial charge in [0, 0.05) is 23.5 Å². The molecule has 1 saturated heterocycles. The zero-order valence-corrected chi connectivity index (χ0v) is 14.3. The molecule has 0 aromatic carbocycles. The number of ether oxygens (including phenoxy) is 2. The van der Waals surface area contributed by atoms with Gasteiger partial charge in [0.15, 0.2) is 0 Å². The van der Waals surface area contributed by atoms with Crippen LogP contribution in [0.2, 0.25) is 0 Å². The minimum atomic E-state index is -0.297. The molecule has 0 N–H and O–H groups in total. The summed E-state index contributed by atoms with van der Waals surface area (Å²) in [6.07, 6.45) is 9.56. The summed E-state index contributed by atoms with van der Waals surface area (Å²) in [5, 5.41) is 0. The number of esters is 2. The number of carbonyl (C=O) groups excluding carboxylic acids is 2. The van der Waals surface area contributed by atoms with Gasteiger partial charge in [-0.1, -0.05) is 23.8 Å². The third kappa shape index (κ3) is 3.53. The van der Waals surface area contributed by atoms with Crippen molar-refractivity contribution in [1.82, 2.24) is 0 Å². The fourth-order valence-electron chi connectivity index (χ4n) is 3.57. The van der Waals surface area contributed by atoms with Gasteiger partial charge in [0.2, 0.25) is 0 Å². The topological polar surface area (TPSA) is 52.6 Å². The van der Waals surface area contributed by atoms with Crippen LogP contribution < -0.4 is 0 Å². The van der Waals surface area contributed by atoms with Crippen LogP contribution in [0.25, 0.3) is 0 Å². The standard InChI is InChI=1S/C20H24O4/c1-12-5-4-6-15-11-16(23-20(15)22)9-13(2)10-18-17(8-7-12)14(3)19(21)24-18/h5,10-11,16-18H,3-4,6-9H2,1-2H3/b12-5?,13-10+/t16-,17-,18+/m1/s1. The van der Waals surface area contributed by atoms with E-state index in [-0.39, 0.29) is 30.1 Å². The molecule has 2 aliphatic heterocycles. The lowest BCUT2D eigenvalue weighted by Crippen LogP contribution is -2.16. The summed E-state index contributed by atoms with van der Waals surface area (Å²) < 4.78 is 10.9. The highest BCUT2D eigenvalue weighted by molar-refractivity contribution is 5.91. The van der Waals surface area contributed by atoms with Gasteiger partial charge >= 0.3 is 11.9 Å². The molecule has 4 nitrogen and oxygen atoms in total. The van der Waals surface area contributed by atoms with Gasteiger partial charge in [0.05, 0.1) is 0 Å². The molecule has 24 heavy (non-hydrogen) atoms. The summed E-state index contributed by atoms with van der Waals surface area (Å²) >= 11 is 0. The third-order valence-electron chi connectivity index (χ3n) is 4.99. The van der Waals surface area contributed by atoms with E-state index in [1.165, 1.54) is 5.57 Å². The van der Waals surface area contributed by atoms with Crippen molar-refractivity contribution in [2.24, 2.45) is 5.92 Å². The van der Waals surface area contributed by atoms with Gasteiger partial charge in [-0.15, -0.1) is 0 Å². The maximum atomic E-state index is 11.9. The van der Waals surface area contributed by atoms with Crippen LogP contribution in [-0.2, 0) is 19.1 Å². The molecule has 0 spiro atoms. The molecule has 0 saturated carbocycles. The second-order valence-electron chi connectivity index (χ2n) is 6.98. The van der Waals surface area contributed by atoms with Crippen LogP contribution in [0.15, 0.2) is 47.1 Å². The molecule has 2 heterocycles. The zero-order valence-electron chi connectivity index (χ0n) is 14.3. The fourth-order valence-corrected chi connectivity index (χ4v) is 3.57. The van der Waals surface area contributed by atoms with Crippen molar-refractivity contribution >= 4 is 11.9 Å². The van der Waals surface area contributed by atoms with Crippen LogP contribution in [0.5, 0.6) is 0 Å². The quantitative estimate of drug-likeness (QED) is 0.386. The molecular weight excluding hydrogens is 304 g/mol. The Hall–Kier alpha value is -2.10. The molecule has 4 heteroatoms. The van der Waals surface area contributed by atoms with E-state index in [4.69, 9.17) is 9.47 Å². The number of fused-ring (bicyclic) bond motifs is 2. The number of carbonyl (C=O) groups is 2. The predicted molar refractivity (Wildman–Crippen MR) is 91.1 cm³/mol. The monoisotopic (exact) mass is 328 g/mol. The predicted octanol–water partition coefficient (Wildman–Crippen LogP) is 3.79. The first-order valence-electron chi connectivity index (χ1n) is 8.58. The maximum Gasteiger partial charge on any atom is 0.334 e. The van der Waals surface area contributed by atoms with E-state index in [1.807, 2.05) is 19.1 Å². The van der Waals surface area contributed by atoms with E-state index in [1.54, 1.807) is 0 Å². The Morgan fingerprint density at radius 2 is 1.83 bits per heavy atom. The number of hydrogen-bond acceptors (Lipinski definition) is 4. The van der Waals surface area contributed by atoms with Gasteiger partial charge in [0.1, 0.15) is 12.2 Å². The van der Waals surface area contributed by atoms with Crippen molar-refractivity contribution in [3.05, 3.63) is 47.1 Å². The second-order valence-corrected chi connectivity index (χ2v) is 6.98. The molecule has 3 aliphatic rings. The van der Waals surface area contributed by atoms with E-state index < -0.39 is 0 Å². The van der Waals surface area contributed by atoms with Crippen LogP contribution in [0.3, 0.4) is 0 Å². The summed E-state index contributed by atoms with van der Waals surface area (Å²) in [5.74, 6) is -0.474. The van der Waals surface area contributed by atoms with Gasteiger partial charge in [0.25, 0.3) is 0 Å². The highest BCUT2D eigenvalue weighted by Crippen LogP contribution is 2.34. The van der Waals surface area contributed by atoms with Gasteiger partial charge in [-0.2, -0.15) is 0 Å². The summed E-state index contributed by atoms with van der Waals surface area (Å²) in [6, 6.07) is 0. The molecule has 0 radical (unpaired) electrons. The van der Waals surface area contributed by atoms with Crippen molar-refractivity contribution in [3.63, 3.8) is 0 Å². The van der Waals surface area contributed by atoms with Gasteiger partial charge in [-0.05, 0) is 51.7 Å². The van der Waals surface area contributed by atoms with Crippen molar-refractivity contribution in [3.8, 4) is 0 Å². The zero-order chi connectivity index (χ0) is 17.3.